The molecule has 3 rings (SSSR count). The van der Waals surface area contributed by atoms with Crippen molar-refractivity contribution in [1.29, 1.82) is 0 Å². The van der Waals surface area contributed by atoms with Gasteiger partial charge in [0.15, 0.2) is 0 Å². The quantitative estimate of drug-likeness (QED) is 0.814. The fourth-order valence-corrected chi connectivity index (χ4v) is 4.22. The summed E-state index contributed by atoms with van der Waals surface area (Å²) < 4.78 is 46.5. The van der Waals surface area contributed by atoms with Gasteiger partial charge in [0.25, 0.3) is 10.0 Å². The van der Waals surface area contributed by atoms with Crippen LogP contribution in [0.1, 0.15) is 23.6 Å². The number of halogens is 1. The van der Waals surface area contributed by atoms with Crippen LogP contribution >= 0.6 is 0 Å². The van der Waals surface area contributed by atoms with Gasteiger partial charge in [-0.25, -0.2) is 12.8 Å². The number of sulfonamides is 1. The Balaban J connectivity index is 2.09. The molecule has 0 aromatic heterocycles. The van der Waals surface area contributed by atoms with Crippen LogP contribution in [0.4, 0.5) is 10.1 Å². The molecule has 1 heterocycles. The third kappa shape index (κ3) is 3.28. The highest BCUT2D eigenvalue weighted by Gasteiger charge is 2.31. The second-order valence-electron chi connectivity index (χ2n) is 5.61. The molecule has 24 heavy (non-hydrogen) atoms. The SMILES string of the molecule is COCCCNC1c2ccccc2NS(=O)(=O)c2cc(F)ccc21. The zero-order valence-electron chi connectivity index (χ0n) is 13.3. The second kappa shape index (κ2) is 6.88. The number of rotatable bonds is 5. The molecule has 1 aliphatic heterocycles. The maximum atomic E-state index is 13.6. The van der Waals surface area contributed by atoms with Gasteiger partial charge >= 0.3 is 0 Å². The van der Waals surface area contributed by atoms with Crippen molar-refractivity contribution in [3.05, 3.63) is 59.4 Å². The Morgan fingerprint density at radius 2 is 2.00 bits per heavy atom. The Morgan fingerprint density at radius 3 is 2.79 bits per heavy atom. The van der Waals surface area contributed by atoms with Crippen LogP contribution in [0.2, 0.25) is 0 Å². The first kappa shape index (κ1) is 16.9. The van der Waals surface area contributed by atoms with Crippen LogP contribution in [0.15, 0.2) is 47.4 Å². The van der Waals surface area contributed by atoms with Crippen molar-refractivity contribution >= 4 is 15.7 Å². The number of para-hydroxylation sites is 1. The lowest BCUT2D eigenvalue weighted by molar-refractivity contribution is 0.193. The van der Waals surface area contributed by atoms with Gasteiger partial charge in [0, 0.05) is 13.7 Å². The molecular formula is C17H19FN2O3S. The van der Waals surface area contributed by atoms with Gasteiger partial charge in [0.1, 0.15) is 5.82 Å². The average Bonchev–Trinajstić information content (AvgIpc) is 2.64. The van der Waals surface area contributed by atoms with E-state index >= 15 is 0 Å². The summed E-state index contributed by atoms with van der Waals surface area (Å²) in [5.41, 5.74) is 1.84. The van der Waals surface area contributed by atoms with Crippen LogP contribution in [-0.4, -0.2) is 28.7 Å². The molecule has 0 saturated carbocycles. The predicted octanol–water partition coefficient (Wildman–Crippen LogP) is 2.66. The molecule has 128 valence electrons. The van der Waals surface area contributed by atoms with Crippen molar-refractivity contribution in [3.63, 3.8) is 0 Å². The molecule has 7 heteroatoms. The van der Waals surface area contributed by atoms with E-state index < -0.39 is 15.8 Å². The van der Waals surface area contributed by atoms with Crippen molar-refractivity contribution in [2.45, 2.75) is 17.4 Å². The number of nitrogens with one attached hydrogen (secondary N) is 2. The fourth-order valence-electron chi connectivity index (χ4n) is 2.87. The average molecular weight is 350 g/mol. The summed E-state index contributed by atoms with van der Waals surface area (Å²) in [5.74, 6) is -0.580. The minimum absolute atomic E-state index is 0.0389. The van der Waals surface area contributed by atoms with Crippen LogP contribution < -0.4 is 10.0 Å². The minimum atomic E-state index is -3.84. The topological polar surface area (TPSA) is 67.4 Å². The van der Waals surface area contributed by atoms with Gasteiger partial charge in [0.05, 0.1) is 16.6 Å². The van der Waals surface area contributed by atoms with Gasteiger partial charge in [-0.2, -0.15) is 0 Å². The Bertz CT molecular complexity index is 839. The van der Waals surface area contributed by atoms with Crippen LogP contribution in [0.25, 0.3) is 0 Å². The maximum Gasteiger partial charge on any atom is 0.262 e. The van der Waals surface area contributed by atoms with Crippen LogP contribution in [0.5, 0.6) is 0 Å². The van der Waals surface area contributed by atoms with Gasteiger partial charge < -0.3 is 10.1 Å². The molecule has 2 N–H and O–H groups in total. The molecule has 0 radical (unpaired) electrons. The Labute approximate surface area is 140 Å². The van der Waals surface area contributed by atoms with E-state index in [9.17, 15) is 12.8 Å². The van der Waals surface area contributed by atoms with Crippen LogP contribution in [-0.2, 0) is 14.8 Å². The molecule has 1 aliphatic rings. The van der Waals surface area contributed by atoms with Crippen LogP contribution in [0, 0.1) is 5.82 Å². The molecule has 0 bridgehead atoms. The maximum absolute atomic E-state index is 13.6. The first-order chi connectivity index (χ1) is 11.5. The van der Waals surface area contributed by atoms with Gasteiger partial charge in [0.2, 0.25) is 0 Å². The fraction of sp³-hybridized carbons (Fsp3) is 0.294. The molecule has 0 aliphatic carbocycles. The first-order valence-corrected chi connectivity index (χ1v) is 9.15. The third-order valence-corrected chi connectivity index (χ3v) is 5.39. The molecule has 0 spiro atoms. The molecular weight excluding hydrogens is 331 g/mol. The summed E-state index contributed by atoms with van der Waals surface area (Å²) in [7, 11) is -2.20. The van der Waals surface area contributed by atoms with Crippen molar-refractivity contribution in [2.24, 2.45) is 0 Å². The van der Waals surface area contributed by atoms with Crippen molar-refractivity contribution in [3.8, 4) is 0 Å². The summed E-state index contributed by atoms with van der Waals surface area (Å²) in [5, 5.41) is 3.36. The highest BCUT2D eigenvalue weighted by molar-refractivity contribution is 7.92. The monoisotopic (exact) mass is 350 g/mol. The summed E-state index contributed by atoms with van der Waals surface area (Å²) in [6.45, 7) is 1.25. The first-order valence-electron chi connectivity index (χ1n) is 7.66. The van der Waals surface area contributed by atoms with Gasteiger partial charge in [-0.1, -0.05) is 24.3 Å². The van der Waals surface area contributed by atoms with E-state index in [0.29, 0.717) is 24.4 Å². The van der Waals surface area contributed by atoms with Crippen molar-refractivity contribution in [1.82, 2.24) is 5.32 Å². The zero-order valence-corrected chi connectivity index (χ0v) is 14.1. The van der Waals surface area contributed by atoms with Gasteiger partial charge in [-0.3, -0.25) is 4.72 Å². The van der Waals surface area contributed by atoms with Crippen molar-refractivity contribution < 1.29 is 17.5 Å². The van der Waals surface area contributed by atoms with Gasteiger partial charge in [-0.15, -0.1) is 0 Å². The van der Waals surface area contributed by atoms with E-state index in [1.54, 1.807) is 19.2 Å². The number of hydrogen-bond acceptors (Lipinski definition) is 4. The Hall–Kier alpha value is -1.96. The predicted molar refractivity (Wildman–Crippen MR) is 90.0 cm³/mol. The lowest BCUT2D eigenvalue weighted by atomic mass is 9.97. The van der Waals surface area contributed by atoms with E-state index in [1.165, 1.54) is 12.1 Å². The molecule has 0 fully saturated rings. The summed E-state index contributed by atoms with van der Waals surface area (Å²) in [6.07, 6.45) is 0.784. The van der Waals surface area contributed by atoms with E-state index in [0.717, 1.165) is 18.1 Å². The Morgan fingerprint density at radius 1 is 1.21 bits per heavy atom. The number of benzene rings is 2. The summed E-state index contributed by atoms with van der Waals surface area (Å²) in [6, 6.07) is 10.7. The summed E-state index contributed by atoms with van der Waals surface area (Å²) >= 11 is 0. The number of anilines is 1. The lowest BCUT2D eigenvalue weighted by Crippen LogP contribution is -2.25. The largest absolute Gasteiger partial charge is 0.385 e. The van der Waals surface area contributed by atoms with Crippen molar-refractivity contribution in [2.75, 3.05) is 25.0 Å². The molecule has 5 nitrogen and oxygen atoms in total. The molecule has 1 atom stereocenters. The Kier molecular flexibility index (Phi) is 4.84. The number of hydrogen-bond donors (Lipinski definition) is 2. The minimum Gasteiger partial charge on any atom is -0.385 e. The molecule has 2 aromatic rings. The lowest BCUT2D eigenvalue weighted by Gasteiger charge is -2.20. The van der Waals surface area contributed by atoms with E-state index in [1.807, 2.05) is 12.1 Å². The zero-order chi connectivity index (χ0) is 17.2. The van der Waals surface area contributed by atoms with Crippen LogP contribution in [0.3, 0.4) is 0 Å². The summed E-state index contributed by atoms with van der Waals surface area (Å²) in [4.78, 5) is -0.0389. The standard InChI is InChI=1S/C17H19FN2O3S/c1-23-10-4-9-19-17-13-5-2-3-6-15(13)20-24(21,22)16-11-12(18)7-8-14(16)17/h2-3,5-8,11,17,19-20H,4,9-10H2,1H3. The normalized spacial score (nSPS) is 18.2. The third-order valence-electron chi connectivity index (χ3n) is 3.97. The second-order valence-corrected chi connectivity index (χ2v) is 7.26. The number of methoxy groups -OCH3 is 1. The smallest absolute Gasteiger partial charge is 0.262 e. The molecule has 2 aromatic carbocycles. The van der Waals surface area contributed by atoms with E-state index in [4.69, 9.17) is 4.74 Å². The molecule has 0 amide bonds. The van der Waals surface area contributed by atoms with E-state index in [2.05, 4.69) is 10.0 Å². The van der Waals surface area contributed by atoms with Gasteiger partial charge in [-0.05, 0) is 42.3 Å². The highest BCUT2D eigenvalue weighted by Crippen LogP contribution is 2.37. The number of ether oxygens (including phenoxy) is 1. The molecule has 1 unspecified atom stereocenters. The van der Waals surface area contributed by atoms with E-state index in [-0.39, 0.29) is 10.9 Å². The molecule has 0 saturated heterocycles. The highest BCUT2D eigenvalue weighted by atomic mass is 32.2. The number of fused-ring (bicyclic) bond motifs is 2.